The average Bonchev–Trinajstić information content (AvgIpc) is 2.79. The van der Waals surface area contributed by atoms with Crippen molar-refractivity contribution in [3.8, 4) is 11.5 Å². The van der Waals surface area contributed by atoms with Crippen LogP contribution in [0.1, 0.15) is 20.7 Å². The number of carbonyl (C=O) groups is 3. The van der Waals surface area contributed by atoms with Crippen molar-refractivity contribution in [2.24, 2.45) is 0 Å². The lowest BCUT2D eigenvalue weighted by Crippen LogP contribution is -2.14. The summed E-state index contributed by atoms with van der Waals surface area (Å²) >= 11 is 1.26. The number of anilines is 2. The summed E-state index contributed by atoms with van der Waals surface area (Å²) < 4.78 is 5.08. The van der Waals surface area contributed by atoms with Crippen LogP contribution < -0.4 is 15.4 Å². The van der Waals surface area contributed by atoms with Gasteiger partial charge in [-0.05, 0) is 60.7 Å². The topological polar surface area (TPSA) is 125 Å². The zero-order valence-electron chi connectivity index (χ0n) is 17.0. The van der Waals surface area contributed by atoms with E-state index in [9.17, 15) is 19.5 Å². The first-order valence-electron chi connectivity index (χ1n) is 9.40. The van der Waals surface area contributed by atoms with E-state index in [0.29, 0.717) is 17.0 Å². The Hall–Kier alpha value is -3.98. The third-order valence-corrected chi connectivity index (χ3v) is 5.32. The molecule has 0 unspecified atom stereocenters. The molecule has 2 amide bonds. The molecule has 3 aromatic carbocycles. The third-order valence-electron chi connectivity index (χ3n) is 4.32. The molecule has 0 saturated carbocycles. The van der Waals surface area contributed by atoms with Gasteiger partial charge in [0.05, 0.1) is 12.9 Å². The van der Waals surface area contributed by atoms with Gasteiger partial charge >= 0.3 is 5.97 Å². The first-order valence-corrected chi connectivity index (χ1v) is 10.4. The molecule has 0 aromatic heterocycles. The minimum absolute atomic E-state index is 0.0686. The van der Waals surface area contributed by atoms with Crippen molar-refractivity contribution in [2.45, 2.75) is 4.90 Å². The maximum Gasteiger partial charge on any atom is 0.339 e. The highest BCUT2D eigenvalue weighted by Crippen LogP contribution is 2.24. The van der Waals surface area contributed by atoms with E-state index in [1.165, 1.54) is 30.0 Å². The SMILES string of the molecule is COc1ccc(C(=O)Nc2cccc(SCC(=O)Nc3ccc(O)c(C(=O)O)c3)c2)cc1. The standard InChI is InChI=1S/C23H20N2O6S/c1-31-17-8-5-14(6-9-17)22(28)25-15-3-2-4-18(11-15)32-13-21(27)24-16-7-10-20(26)19(12-16)23(29)30/h2-12,26H,13H2,1H3,(H,24,27)(H,25,28)(H,29,30). The number of thioether (sulfide) groups is 1. The van der Waals surface area contributed by atoms with Gasteiger partial charge in [0.1, 0.15) is 17.1 Å². The lowest BCUT2D eigenvalue weighted by molar-refractivity contribution is -0.113. The van der Waals surface area contributed by atoms with E-state index in [1.54, 1.807) is 49.6 Å². The van der Waals surface area contributed by atoms with E-state index in [0.717, 1.165) is 4.90 Å². The molecule has 0 aliphatic rings. The highest BCUT2D eigenvalue weighted by molar-refractivity contribution is 8.00. The summed E-state index contributed by atoms with van der Waals surface area (Å²) in [6, 6.07) is 17.6. The number of hydrogen-bond acceptors (Lipinski definition) is 6. The summed E-state index contributed by atoms with van der Waals surface area (Å²) in [7, 11) is 1.55. The van der Waals surface area contributed by atoms with Crippen LogP contribution in [0.25, 0.3) is 0 Å². The number of phenols is 1. The highest BCUT2D eigenvalue weighted by atomic mass is 32.2. The molecular formula is C23H20N2O6S. The zero-order chi connectivity index (χ0) is 23.1. The van der Waals surface area contributed by atoms with Crippen molar-refractivity contribution in [3.05, 3.63) is 77.9 Å². The highest BCUT2D eigenvalue weighted by Gasteiger charge is 2.12. The van der Waals surface area contributed by atoms with E-state index in [2.05, 4.69) is 10.6 Å². The van der Waals surface area contributed by atoms with Crippen molar-refractivity contribution in [3.63, 3.8) is 0 Å². The number of carboxylic acids is 1. The van der Waals surface area contributed by atoms with Gasteiger partial charge in [-0.2, -0.15) is 0 Å². The number of rotatable bonds is 8. The number of aromatic hydroxyl groups is 1. The molecule has 0 heterocycles. The van der Waals surface area contributed by atoms with Gasteiger partial charge in [0.2, 0.25) is 5.91 Å². The van der Waals surface area contributed by atoms with Crippen molar-refractivity contribution in [1.29, 1.82) is 0 Å². The van der Waals surface area contributed by atoms with Crippen LogP contribution >= 0.6 is 11.8 Å². The fraction of sp³-hybridized carbons (Fsp3) is 0.0870. The second-order valence-electron chi connectivity index (χ2n) is 6.58. The third kappa shape index (κ3) is 6.02. The normalized spacial score (nSPS) is 10.3. The molecule has 4 N–H and O–H groups in total. The number of ether oxygens (including phenoxy) is 1. The summed E-state index contributed by atoms with van der Waals surface area (Å²) in [4.78, 5) is 36.5. The molecule has 3 aromatic rings. The van der Waals surface area contributed by atoms with Crippen LogP contribution in [0.2, 0.25) is 0 Å². The summed E-state index contributed by atoms with van der Waals surface area (Å²) in [5.74, 6) is -1.55. The number of methoxy groups -OCH3 is 1. The molecule has 8 nitrogen and oxygen atoms in total. The number of carbonyl (C=O) groups excluding carboxylic acids is 2. The summed E-state index contributed by atoms with van der Waals surface area (Å²) in [5, 5.41) is 24.0. The Kier molecular flexibility index (Phi) is 7.35. The first-order chi connectivity index (χ1) is 15.4. The molecule has 0 spiro atoms. The molecule has 0 atom stereocenters. The Morgan fingerprint density at radius 3 is 2.34 bits per heavy atom. The van der Waals surface area contributed by atoms with Crippen molar-refractivity contribution < 1.29 is 29.3 Å². The Morgan fingerprint density at radius 2 is 1.66 bits per heavy atom. The largest absolute Gasteiger partial charge is 0.507 e. The summed E-state index contributed by atoms with van der Waals surface area (Å²) in [6.45, 7) is 0. The molecule has 0 fully saturated rings. The van der Waals surface area contributed by atoms with Gasteiger partial charge in [0.25, 0.3) is 5.91 Å². The van der Waals surface area contributed by atoms with E-state index in [4.69, 9.17) is 9.84 Å². The molecule has 0 saturated heterocycles. The van der Waals surface area contributed by atoms with Crippen LogP contribution in [0, 0.1) is 0 Å². The fourth-order valence-corrected chi connectivity index (χ4v) is 3.50. The number of nitrogens with one attached hydrogen (secondary N) is 2. The van der Waals surface area contributed by atoms with Gasteiger partial charge in [-0.1, -0.05) is 6.07 Å². The van der Waals surface area contributed by atoms with Crippen LogP contribution in [0.4, 0.5) is 11.4 Å². The zero-order valence-corrected chi connectivity index (χ0v) is 17.8. The molecule has 9 heteroatoms. The van der Waals surface area contributed by atoms with E-state index < -0.39 is 5.97 Å². The molecular weight excluding hydrogens is 432 g/mol. The van der Waals surface area contributed by atoms with Crippen molar-refractivity contribution in [2.75, 3.05) is 23.5 Å². The summed E-state index contributed by atoms with van der Waals surface area (Å²) in [5.41, 5.74) is 1.04. The molecule has 0 aliphatic heterocycles. The second kappa shape index (κ2) is 10.4. The van der Waals surface area contributed by atoms with Gasteiger partial charge in [-0.15, -0.1) is 11.8 Å². The van der Waals surface area contributed by atoms with Crippen LogP contribution in [0.3, 0.4) is 0 Å². The van der Waals surface area contributed by atoms with E-state index in [1.807, 2.05) is 6.07 Å². The molecule has 0 radical (unpaired) electrons. The Labute approximate surface area is 188 Å². The van der Waals surface area contributed by atoms with Gasteiger partial charge in [0, 0.05) is 21.8 Å². The maximum atomic E-state index is 12.4. The van der Waals surface area contributed by atoms with Gasteiger partial charge in [-0.3, -0.25) is 9.59 Å². The molecule has 0 bridgehead atoms. The molecule has 0 aliphatic carbocycles. The maximum absolute atomic E-state index is 12.4. The average molecular weight is 452 g/mol. The van der Waals surface area contributed by atoms with Gasteiger partial charge in [-0.25, -0.2) is 4.79 Å². The molecule has 32 heavy (non-hydrogen) atoms. The first kappa shape index (κ1) is 22.7. The lowest BCUT2D eigenvalue weighted by Gasteiger charge is -2.09. The van der Waals surface area contributed by atoms with Crippen LogP contribution in [0.15, 0.2) is 71.6 Å². The predicted molar refractivity (Wildman–Crippen MR) is 122 cm³/mol. The quantitative estimate of drug-likeness (QED) is 0.300. The van der Waals surface area contributed by atoms with E-state index >= 15 is 0 Å². The molecule has 3 rings (SSSR count). The number of hydrogen-bond donors (Lipinski definition) is 4. The molecule has 164 valence electrons. The predicted octanol–water partition coefficient (Wildman–Crippen LogP) is 4.08. The van der Waals surface area contributed by atoms with Crippen molar-refractivity contribution >= 4 is 40.9 Å². The van der Waals surface area contributed by atoms with E-state index in [-0.39, 0.29) is 34.6 Å². The fourth-order valence-electron chi connectivity index (χ4n) is 2.74. The minimum atomic E-state index is -1.29. The number of amides is 2. The Morgan fingerprint density at radius 1 is 0.938 bits per heavy atom. The lowest BCUT2D eigenvalue weighted by atomic mass is 10.2. The van der Waals surface area contributed by atoms with Gasteiger partial charge < -0.3 is 25.6 Å². The minimum Gasteiger partial charge on any atom is -0.507 e. The monoisotopic (exact) mass is 452 g/mol. The smallest absolute Gasteiger partial charge is 0.339 e. The number of aromatic carboxylic acids is 1. The number of carboxylic acid groups (broad SMARTS) is 1. The van der Waals surface area contributed by atoms with Gasteiger partial charge in [0.15, 0.2) is 0 Å². The Bertz CT molecular complexity index is 1150. The van der Waals surface area contributed by atoms with Crippen LogP contribution in [-0.4, -0.2) is 40.9 Å². The number of benzene rings is 3. The van der Waals surface area contributed by atoms with Crippen LogP contribution in [0.5, 0.6) is 11.5 Å². The Balaban J connectivity index is 1.57. The second-order valence-corrected chi connectivity index (χ2v) is 7.63. The summed E-state index contributed by atoms with van der Waals surface area (Å²) in [6.07, 6.45) is 0. The van der Waals surface area contributed by atoms with Crippen LogP contribution in [-0.2, 0) is 4.79 Å². The van der Waals surface area contributed by atoms with Crippen molar-refractivity contribution in [1.82, 2.24) is 0 Å².